The van der Waals surface area contributed by atoms with E-state index in [-0.39, 0.29) is 12.5 Å². The Morgan fingerprint density at radius 3 is 2.04 bits per heavy atom. The fourth-order valence-electron chi connectivity index (χ4n) is 1.55. The molecular weight excluding hydrogens is 361 g/mol. The van der Waals surface area contributed by atoms with Crippen LogP contribution in [0.15, 0.2) is 30.3 Å². The second kappa shape index (κ2) is 7.32. The van der Waals surface area contributed by atoms with Gasteiger partial charge >= 0.3 is 23.9 Å². The van der Waals surface area contributed by atoms with Crippen LogP contribution < -0.4 is 4.74 Å². The van der Waals surface area contributed by atoms with Crippen molar-refractivity contribution in [1.29, 1.82) is 0 Å². The molecule has 3 nitrogen and oxygen atoms in total. The largest absolute Gasteiger partial charge is 0.497 e. The number of benzene rings is 1. The molecule has 0 spiro atoms. The summed E-state index contributed by atoms with van der Waals surface area (Å²) in [6.45, 7) is -0.0185. The van der Waals surface area contributed by atoms with Crippen LogP contribution in [-0.2, 0) is 9.53 Å². The molecule has 1 aromatic rings. The molecule has 0 bridgehead atoms. The van der Waals surface area contributed by atoms with Crippen LogP contribution in [0.2, 0.25) is 0 Å². The van der Waals surface area contributed by atoms with Gasteiger partial charge in [-0.15, -0.1) is 0 Å². The molecule has 1 rings (SSSR count). The van der Waals surface area contributed by atoms with Crippen LogP contribution in [0.3, 0.4) is 0 Å². The number of hydrogen-bond donors (Lipinski definition) is 0. The molecule has 10 heteroatoms. The number of carbonyl (C=O) groups is 1. The molecule has 0 aliphatic carbocycles. The normalized spacial score (nSPS) is 14.4. The van der Waals surface area contributed by atoms with Crippen LogP contribution in [0, 0.1) is 0 Å². The first kappa shape index (κ1) is 20.8. The van der Waals surface area contributed by atoms with Gasteiger partial charge in [-0.25, -0.2) is 9.18 Å². The van der Waals surface area contributed by atoms with Gasteiger partial charge < -0.3 is 9.47 Å². The van der Waals surface area contributed by atoms with Crippen molar-refractivity contribution < 1.29 is 45.0 Å². The number of methoxy groups -OCH3 is 1. The predicted octanol–water partition coefficient (Wildman–Crippen LogP) is 4.47. The summed E-state index contributed by atoms with van der Waals surface area (Å²) in [5, 5.41) is 0. The van der Waals surface area contributed by atoms with E-state index in [4.69, 9.17) is 4.74 Å². The third-order valence-electron chi connectivity index (χ3n) is 3.04. The summed E-state index contributed by atoms with van der Waals surface area (Å²) in [6.07, 6.45) is -8.26. The highest BCUT2D eigenvalue weighted by molar-refractivity contribution is 5.87. The molecule has 1 unspecified atom stereocenters. The Morgan fingerprint density at radius 2 is 1.60 bits per heavy atom. The molecule has 0 N–H and O–H groups in total. The van der Waals surface area contributed by atoms with Gasteiger partial charge in [0, 0.05) is 6.08 Å². The van der Waals surface area contributed by atoms with E-state index >= 15 is 0 Å². The maximum Gasteiger partial charge on any atom is 0.473 e. The number of esters is 1. The van der Waals surface area contributed by atoms with Crippen LogP contribution in [0.4, 0.5) is 30.7 Å². The van der Waals surface area contributed by atoms with Crippen molar-refractivity contribution in [2.24, 2.45) is 0 Å². The summed E-state index contributed by atoms with van der Waals surface area (Å²) in [5.74, 6) is -13.5. The lowest BCUT2D eigenvalue weighted by Gasteiger charge is -2.32. The predicted molar refractivity (Wildman–Crippen MR) is 73.5 cm³/mol. The average Bonchev–Trinajstić information content (AvgIpc) is 2.52. The van der Waals surface area contributed by atoms with Crippen molar-refractivity contribution in [3.63, 3.8) is 0 Å². The Hall–Kier alpha value is -2.26. The highest BCUT2D eigenvalue weighted by Crippen LogP contribution is 2.48. The number of hydrogen-bond acceptors (Lipinski definition) is 3. The second-order valence-corrected chi connectivity index (χ2v) is 4.86. The van der Waals surface area contributed by atoms with Crippen molar-refractivity contribution in [3.05, 3.63) is 35.9 Å². The second-order valence-electron chi connectivity index (χ2n) is 4.86. The fourth-order valence-corrected chi connectivity index (χ4v) is 1.55. The van der Waals surface area contributed by atoms with Crippen LogP contribution in [-0.4, -0.2) is 37.2 Å². The molecule has 0 aromatic heterocycles. The number of carbonyl (C=O) groups excluding carboxylic acids is 1. The van der Waals surface area contributed by atoms with Gasteiger partial charge in [0.25, 0.3) is 0 Å². The average molecular weight is 374 g/mol. The maximum absolute atomic E-state index is 13.2. The van der Waals surface area contributed by atoms with Gasteiger partial charge in [-0.3, -0.25) is 0 Å². The van der Waals surface area contributed by atoms with Crippen LogP contribution in [0.25, 0.3) is 6.08 Å². The van der Waals surface area contributed by atoms with Crippen molar-refractivity contribution in [1.82, 2.24) is 0 Å². The Morgan fingerprint density at radius 1 is 1.08 bits per heavy atom. The Kier molecular flexibility index (Phi) is 6.09. The van der Waals surface area contributed by atoms with Crippen molar-refractivity contribution >= 4 is 12.0 Å². The maximum atomic E-state index is 13.2. The Bertz CT molecular complexity index is 625. The molecule has 25 heavy (non-hydrogen) atoms. The summed E-state index contributed by atoms with van der Waals surface area (Å²) in [5.41, 5.74) is 0.288. The lowest BCUT2D eigenvalue weighted by atomic mass is 10.1. The summed E-state index contributed by atoms with van der Waals surface area (Å²) in [4.78, 5) is 11.2. The van der Waals surface area contributed by atoms with Gasteiger partial charge in [0.15, 0.2) is 6.17 Å². The zero-order chi connectivity index (χ0) is 19.5. The highest BCUT2D eigenvalue weighted by Gasteiger charge is 2.76. The zero-order valence-corrected chi connectivity index (χ0v) is 12.9. The summed E-state index contributed by atoms with van der Waals surface area (Å²) in [6, 6.07) is 5.70. The van der Waals surface area contributed by atoms with Crippen molar-refractivity contribution in [2.45, 2.75) is 31.0 Å². The number of halogens is 7. The van der Waals surface area contributed by atoms with E-state index in [1.807, 2.05) is 0 Å². The number of rotatable bonds is 7. The van der Waals surface area contributed by atoms with Crippen LogP contribution in [0.1, 0.15) is 12.5 Å². The van der Waals surface area contributed by atoms with Gasteiger partial charge in [-0.1, -0.05) is 12.1 Å². The lowest BCUT2D eigenvalue weighted by molar-refractivity contribution is -0.391. The van der Waals surface area contributed by atoms with E-state index in [2.05, 4.69) is 4.74 Å². The van der Waals surface area contributed by atoms with E-state index in [1.165, 1.54) is 31.4 Å². The first-order chi connectivity index (χ1) is 11.3. The minimum Gasteiger partial charge on any atom is -0.497 e. The SMILES string of the molecule is COc1ccc(C=CC(=O)OC(F)(F)C(F)(F)C(F)(F)C(C)F)cc1. The molecule has 1 aromatic carbocycles. The molecule has 0 saturated heterocycles. The van der Waals surface area contributed by atoms with Crippen molar-refractivity contribution in [3.8, 4) is 5.75 Å². The van der Waals surface area contributed by atoms with Crippen LogP contribution in [0.5, 0.6) is 5.75 Å². The first-order valence-corrected chi connectivity index (χ1v) is 6.67. The quantitative estimate of drug-likeness (QED) is 0.401. The number of alkyl halides is 7. The third-order valence-corrected chi connectivity index (χ3v) is 3.04. The summed E-state index contributed by atoms with van der Waals surface area (Å²) in [7, 11) is 1.39. The molecule has 0 saturated carbocycles. The lowest BCUT2D eigenvalue weighted by Crippen LogP contribution is -2.59. The highest BCUT2D eigenvalue weighted by atomic mass is 19.4. The van der Waals surface area contributed by atoms with Crippen molar-refractivity contribution in [2.75, 3.05) is 7.11 Å². The topological polar surface area (TPSA) is 35.5 Å². The minimum atomic E-state index is -6.24. The van der Waals surface area contributed by atoms with Gasteiger partial charge in [0.2, 0.25) is 0 Å². The molecule has 140 valence electrons. The molecular formula is C15H13F7O3. The number of ether oxygens (including phenoxy) is 2. The van der Waals surface area contributed by atoms with E-state index in [0.29, 0.717) is 11.8 Å². The van der Waals surface area contributed by atoms with Gasteiger partial charge in [0.1, 0.15) is 5.75 Å². The van der Waals surface area contributed by atoms with E-state index in [9.17, 15) is 35.5 Å². The van der Waals surface area contributed by atoms with E-state index in [1.54, 1.807) is 0 Å². The molecule has 0 aliphatic heterocycles. The monoisotopic (exact) mass is 374 g/mol. The molecule has 0 radical (unpaired) electrons. The Labute approximate surface area is 138 Å². The summed E-state index contributed by atoms with van der Waals surface area (Å²) < 4.78 is 99.3. The third kappa shape index (κ3) is 4.43. The molecule has 0 heterocycles. The molecule has 0 aliphatic rings. The van der Waals surface area contributed by atoms with E-state index < -0.39 is 30.1 Å². The van der Waals surface area contributed by atoms with Crippen LogP contribution >= 0.6 is 0 Å². The van der Waals surface area contributed by atoms with E-state index in [0.717, 1.165) is 6.08 Å². The zero-order valence-electron chi connectivity index (χ0n) is 12.9. The van der Waals surface area contributed by atoms with Gasteiger partial charge in [-0.05, 0) is 30.7 Å². The molecule has 0 amide bonds. The molecule has 0 fully saturated rings. The van der Waals surface area contributed by atoms with Gasteiger partial charge in [0.05, 0.1) is 7.11 Å². The standard InChI is InChI=1S/C15H13F7O3/c1-9(16)13(17,18)14(19,20)15(21,22)25-12(23)8-5-10-3-6-11(24-2)7-4-10/h3-9H,1-2H3. The molecule has 1 atom stereocenters. The van der Waals surface area contributed by atoms with Gasteiger partial charge in [-0.2, -0.15) is 26.3 Å². The summed E-state index contributed by atoms with van der Waals surface area (Å²) >= 11 is 0. The smallest absolute Gasteiger partial charge is 0.473 e. The fraction of sp³-hybridized carbons (Fsp3) is 0.400. The first-order valence-electron chi connectivity index (χ1n) is 6.67. The minimum absolute atomic E-state index is 0.0185. The Balaban J connectivity index is 2.87.